The van der Waals surface area contributed by atoms with E-state index in [1.807, 2.05) is 0 Å². The van der Waals surface area contributed by atoms with Crippen LogP contribution in [0.4, 0.5) is 0 Å². The van der Waals surface area contributed by atoms with Crippen molar-refractivity contribution >= 4 is 5.91 Å². The number of carbonyl (C=O) groups excluding carboxylic acids is 1. The molecule has 1 aliphatic carbocycles. The number of aryl methyl sites for hydroxylation is 1. The second-order valence-corrected chi connectivity index (χ2v) is 5.01. The third kappa shape index (κ3) is 2.90. The van der Waals surface area contributed by atoms with Gasteiger partial charge in [-0.15, -0.1) is 0 Å². The highest BCUT2D eigenvalue weighted by atomic mass is 16.5. The molecular formula is C13H21N3O2. The van der Waals surface area contributed by atoms with Crippen LogP contribution in [0.1, 0.15) is 48.2 Å². The Morgan fingerprint density at radius 1 is 1.56 bits per heavy atom. The van der Waals surface area contributed by atoms with Crippen LogP contribution in [0.5, 0.6) is 0 Å². The maximum Gasteiger partial charge on any atom is 0.256 e. The first-order valence-corrected chi connectivity index (χ1v) is 6.64. The molecule has 1 atom stereocenters. The molecule has 1 aromatic rings. The molecule has 100 valence electrons. The molecular weight excluding hydrogens is 230 g/mol. The van der Waals surface area contributed by atoms with Crippen LogP contribution in [-0.4, -0.2) is 23.7 Å². The monoisotopic (exact) mass is 251 g/mol. The maximum absolute atomic E-state index is 12.1. The van der Waals surface area contributed by atoms with Gasteiger partial charge in [0.2, 0.25) is 0 Å². The molecule has 1 heterocycles. The molecule has 2 rings (SSSR count). The highest BCUT2D eigenvalue weighted by Gasteiger charge is 2.25. The van der Waals surface area contributed by atoms with Crippen molar-refractivity contribution in [3.63, 3.8) is 0 Å². The Labute approximate surface area is 107 Å². The number of nitrogens with two attached hydrogens (primary N) is 1. The van der Waals surface area contributed by atoms with Crippen molar-refractivity contribution in [1.82, 2.24) is 10.5 Å². The predicted molar refractivity (Wildman–Crippen MR) is 68.1 cm³/mol. The summed E-state index contributed by atoms with van der Waals surface area (Å²) < 4.78 is 4.90. The topological polar surface area (TPSA) is 81.2 Å². The van der Waals surface area contributed by atoms with E-state index in [0.29, 0.717) is 23.8 Å². The Bertz CT molecular complexity index is 397. The molecule has 0 aromatic carbocycles. The van der Waals surface area contributed by atoms with Gasteiger partial charge in [0.1, 0.15) is 11.3 Å². The van der Waals surface area contributed by atoms with Gasteiger partial charge in [-0.05, 0) is 25.7 Å². The first kappa shape index (κ1) is 13.1. The van der Waals surface area contributed by atoms with Crippen LogP contribution in [0.2, 0.25) is 0 Å². The lowest BCUT2D eigenvalue weighted by atomic mass is 9.84. The van der Waals surface area contributed by atoms with E-state index in [4.69, 9.17) is 10.3 Å². The van der Waals surface area contributed by atoms with E-state index in [1.165, 1.54) is 25.5 Å². The fourth-order valence-electron chi connectivity index (χ4n) is 2.67. The Balaban J connectivity index is 1.97. The molecule has 1 unspecified atom stereocenters. The standard InChI is InChI=1S/C13H21N3O2/c1-9-11(8-15-18-9)13(17)16-12(7-14)10-5-3-2-4-6-10/h8,10,12H,2-7,14H2,1H3,(H,16,17). The number of nitrogens with one attached hydrogen (secondary N) is 1. The molecule has 1 fully saturated rings. The van der Waals surface area contributed by atoms with Gasteiger partial charge < -0.3 is 15.6 Å². The van der Waals surface area contributed by atoms with Crippen molar-refractivity contribution in [2.75, 3.05) is 6.54 Å². The number of nitrogens with zero attached hydrogens (tertiary/aromatic N) is 1. The van der Waals surface area contributed by atoms with Gasteiger partial charge in [0.15, 0.2) is 0 Å². The largest absolute Gasteiger partial charge is 0.361 e. The van der Waals surface area contributed by atoms with Gasteiger partial charge in [0.05, 0.1) is 6.20 Å². The summed E-state index contributed by atoms with van der Waals surface area (Å²) in [6.07, 6.45) is 7.55. The van der Waals surface area contributed by atoms with Crippen molar-refractivity contribution < 1.29 is 9.32 Å². The zero-order chi connectivity index (χ0) is 13.0. The Morgan fingerprint density at radius 2 is 2.28 bits per heavy atom. The fourth-order valence-corrected chi connectivity index (χ4v) is 2.67. The summed E-state index contributed by atoms with van der Waals surface area (Å²) in [5.74, 6) is 0.926. The van der Waals surface area contributed by atoms with Crippen molar-refractivity contribution in [1.29, 1.82) is 0 Å². The molecule has 0 radical (unpaired) electrons. The van der Waals surface area contributed by atoms with Crippen LogP contribution < -0.4 is 11.1 Å². The molecule has 1 saturated carbocycles. The highest BCUT2D eigenvalue weighted by molar-refractivity contribution is 5.94. The average Bonchev–Trinajstić information content (AvgIpc) is 2.83. The highest BCUT2D eigenvalue weighted by Crippen LogP contribution is 2.26. The minimum Gasteiger partial charge on any atom is -0.361 e. The Kier molecular flexibility index (Phi) is 4.36. The number of aromatic nitrogens is 1. The first-order chi connectivity index (χ1) is 8.72. The van der Waals surface area contributed by atoms with E-state index < -0.39 is 0 Å². The molecule has 1 aromatic heterocycles. The summed E-state index contributed by atoms with van der Waals surface area (Å²) in [5, 5.41) is 6.64. The zero-order valence-corrected chi connectivity index (χ0v) is 10.8. The molecule has 1 aliphatic rings. The number of amides is 1. The van der Waals surface area contributed by atoms with Gasteiger partial charge in [-0.3, -0.25) is 4.79 Å². The average molecular weight is 251 g/mol. The lowest BCUT2D eigenvalue weighted by molar-refractivity contribution is 0.0914. The van der Waals surface area contributed by atoms with Crippen LogP contribution in [0, 0.1) is 12.8 Å². The van der Waals surface area contributed by atoms with Gasteiger partial charge in [-0.1, -0.05) is 24.4 Å². The third-order valence-electron chi connectivity index (χ3n) is 3.78. The third-order valence-corrected chi connectivity index (χ3v) is 3.78. The summed E-state index contributed by atoms with van der Waals surface area (Å²) >= 11 is 0. The van der Waals surface area contributed by atoms with Crippen LogP contribution in [0.3, 0.4) is 0 Å². The quantitative estimate of drug-likeness (QED) is 0.852. The number of rotatable bonds is 4. The predicted octanol–water partition coefficient (Wildman–Crippen LogP) is 1.62. The van der Waals surface area contributed by atoms with Crippen molar-refractivity contribution in [2.45, 2.75) is 45.1 Å². The van der Waals surface area contributed by atoms with Crippen LogP contribution >= 0.6 is 0 Å². The van der Waals surface area contributed by atoms with Gasteiger partial charge in [0.25, 0.3) is 5.91 Å². The van der Waals surface area contributed by atoms with Crippen LogP contribution in [0.15, 0.2) is 10.7 Å². The van der Waals surface area contributed by atoms with E-state index in [2.05, 4.69) is 10.5 Å². The number of hydrogen-bond donors (Lipinski definition) is 2. The maximum atomic E-state index is 12.1. The molecule has 5 nitrogen and oxygen atoms in total. The second kappa shape index (κ2) is 6.00. The first-order valence-electron chi connectivity index (χ1n) is 6.64. The van der Waals surface area contributed by atoms with E-state index in [0.717, 1.165) is 12.8 Å². The van der Waals surface area contributed by atoms with E-state index >= 15 is 0 Å². The number of hydrogen-bond acceptors (Lipinski definition) is 4. The van der Waals surface area contributed by atoms with Gasteiger partial charge in [0, 0.05) is 12.6 Å². The second-order valence-electron chi connectivity index (χ2n) is 5.01. The normalized spacial score (nSPS) is 18.6. The van der Waals surface area contributed by atoms with Gasteiger partial charge in [-0.25, -0.2) is 0 Å². The van der Waals surface area contributed by atoms with E-state index in [1.54, 1.807) is 6.92 Å². The van der Waals surface area contributed by atoms with Gasteiger partial charge >= 0.3 is 0 Å². The minimum atomic E-state index is -0.130. The molecule has 1 amide bonds. The molecule has 0 aliphatic heterocycles. The summed E-state index contributed by atoms with van der Waals surface area (Å²) in [5.41, 5.74) is 6.29. The van der Waals surface area contributed by atoms with Crippen molar-refractivity contribution in [3.05, 3.63) is 17.5 Å². The fraction of sp³-hybridized carbons (Fsp3) is 0.692. The molecule has 5 heteroatoms. The van der Waals surface area contributed by atoms with E-state index in [9.17, 15) is 4.79 Å². The lowest BCUT2D eigenvalue weighted by Crippen LogP contribution is -2.46. The summed E-state index contributed by atoms with van der Waals surface area (Å²) in [6.45, 7) is 2.22. The van der Waals surface area contributed by atoms with Gasteiger partial charge in [-0.2, -0.15) is 0 Å². The lowest BCUT2D eigenvalue weighted by Gasteiger charge is -2.29. The SMILES string of the molecule is Cc1oncc1C(=O)NC(CN)C1CCCCC1. The van der Waals surface area contributed by atoms with Crippen molar-refractivity contribution in [3.8, 4) is 0 Å². The molecule has 0 saturated heterocycles. The smallest absolute Gasteiger partial charge is 0.256 e. The zero-order valence-electron chi connectivity index (χ0n) is 10.8. The van der Waals surface area contributed by atoms with E-state index in [-0.39, 0.29) is 11.9 Å². The summed E-state index contributed by atoms with van der Waals surface area (Å²) in [7, 11) is 0. The molecule has 18 heavy (non-hydrogen) atoms. The Morgan fingerprint density at radius 3 is 2.83 bits per heavy atom. The summed E-state index contributed by atoms with van der Waals surface area (Å²) in [4.78, 5) is 12.1. The molecule has 0 spiro atoms. The van der Waals surface area contributed by atoms with Crippen molar-refractivity contribution in [2.24, 2.45) is 11.7 Å². The van der Waals surface area contributed by atoms with Crippen LogP contribution in [0.25, 0.3) is 0 Å². The summed E-state index contributed by atoms with van der Waals surface area (Å²) in [6, 6.07) is 0.0621. The van der Waals surface area contributed by atoms with Crippen LogP contribution in [-0.2, 0) is 0 Å². The molecule has 0 bridgehead atoms. The minimum absolute atomic E-state index is 0.0621. The molecule has 3 N–H and O–H groups in total. The number of carbonyl (C=O) groups is 1. The Hall–Kier alpha value is -1.36.